The van der Waals surface area contributed by atoms with E-state index >= 15 is 0 Å². The highest BCUT2D eigenvalue weighted by Gasteiger charge is 2.34. The van der Waals surface area contributed by atoms with Crippen molar-refractivity contribution in [2.24, 2.45) is 4.40 Å². The minimum Gasteiger partial charge on any atom is -0.288 e. The van der Waals surface area contributed by atoms with E-state index in [0.29, 0.717) is 5.02 Å². The molecule has 4 rings (SSSR count). The molecule has 0 bridgehead atoms. The highest BCUT2D eigenvalue weighted by atomic mass is 35.5. The van der Waals surface area contributed by atoms with Crippen LogP contribution < -0.4 is 0 Å². The number of hydrogen-bond acceptors (Lipinski definition) is 5. The summed E-state index contributed by atoms with van der Waals surface area (Å²) in [6, 6.07) is 17.6. The summed E-state index contributed by atoms with van der Waals surface area (Å²) in [5.41, 5.74) is 1.04. The molecule has 1 aliphatic carbocycles. The second-order valence-electron chi connectivity index (χ2n) is 7.11. The number of rotatable bonds is 4. The van der Waals surface area contributed by atoms with E-state index in [-0.39, 0.29) is 26.6 Å². The van der Waals surface area contributed by atoms with Gasteiger partial charge in [0.05, 0.1) is 15.5 Å². The normalized spacial score (nSPS) is 15.4. The van der Waals surface area contributed by atoms with Crippen molar-refractivity contribution in [2.75, 3.05) is 0 Å². The minimum atomic E-state index is -4.25. The summed E-state index contributed by atoms with van der Waals surface area (Å²) in [4.78, 5) is 12.3. The third-order valence-electron chi connectivity index (χ3n) is 4.89. The van der Waals surface area contributed by atoms with Crippen LogP contribution in [0.1, 0.15) is 21.5 Å². The van der Waals surface area contributed by atoms with E-state index in [9.17, 15) is 21.6 Å². The van der Waals surface area contributed by atoms with Crippen LogP contribution in [0.5, 0.6) is 0 Å². The van der Waals surface area contributed by atoms with Crippen LogP contribution in [0, 0.1) is 6.92 Å². The third kappa shape index (κ3) is 4.04. The van der Waals surface area contributed by atoms with Gasteiger partial charge in [-0.2, -0.15) is 12.8 Å². The quantitative estimate of drug-likeness (QED) is 0.546. The summed E-state index contributed by atoms with van der Waals surface area (Å²) in [6.45, 7) is 1.82. The number of allylic oxidation sites excluding steroid dienone is 2. The van der Waals surface area contributed by atoms with Gasteiger partial charge in [0.25, 0.3) is 10.0 Å². The number of halogens is 1. The molecule has 0 spiro atoms. The molecule has 3 aromatic rings. The summed E-state index contributed by atoms with van der Waals surface area (Å²) in [6.07, 6.45) is 1.01. The van der Waals surface area contributed by atoms with Gasteiger partial charge < -0.3 is 0 Å². The predicted molar refractivity (Wildman–Crippen MR) is 122 cm³/mol. The second kappa shape index (κ2) is 8.12. The van der Waals surface area contributed by atoms with E-state index in [1.54, 1.807) is 24.3 Å². The fraction of sp³-hybridized carbons (Fsp3) is 0.0435. The number of Topliss-reactive ketones (excluding diaryl/α,β-unsaturated/α-hetero) is 1. The average molecular weight is 486 g/mol. The van der Waals surface area contributed by atoms with Crippen molar-refractivity contribution in [3.63, 3.8) is 0 Å². The molecule has 0 saturated heterocycles. The van der Waals surface area contributed by atoms with E-state index in [1.807, 2.05) is 6.92 Å². The highest BCUT2D eigenvalue weighted by molar-refractivity contribution is 7.96. The van der Waals surface area contributed by atoms with Crippen LogP contribution in [0.4, 0.5) is 0 Å². The molecule has 0 radical (unpaired) electrons. The van der Waals surface area contributed by atoms with Crippen molar-refractivity contribution in [1.82, 2.24) is 0 Å². The van der Waals surface area contributed by atoms with Gasteiger partial charge in [-0.15, -0.1) is 0 Å². The molecule has 0 unspecified atom stereocenters. The topological polar surface area (TPSA) is 97.7 Å². The first-order valence-corrected chi connectivity index (χ1v) is 12.7. The van der Waals surface area contributed by atoms with Crippen LogP contribution in [0.15, 0.2) is 98.0 Å². The Morgan fingerprint density at radius 3 is 1.94 bits per heavy atom. The van der Waals surface area contributed by atoms with Gasteiger partial charge in [-0.25, -0.2) is 8.42 Å². The second-order valence-corrected chi connectivity index (χ2v) is 11.1. The van der Waals surface area contributed by atoms with Gasteiger partial charge in [-0.05, 0) is 49.4 Å². The van der Waals surface area contributed by atoms with Gasteiger partial charge in [0.1, 0.15) is 4.91 Å². The lowest BCUT2D eigenvalue weighted by molar-refractivity contribution is 0.104. The first-order chi connectivity index (χ1) is 15.1. The largest absolute Gasteiger partial charge is 0.288 e. The third-order valence-corrected chi connectivity index (χ3v) is 8.22. The summed E-state index contributed by atoms with van der Waals surface area (Å²) in [7, 11) is -8.41. The fourth-order valence-electron chi connectivity index (χ4n) is 3.21. The van der Waals surface area contributed by atoms with Gasteiger partial charge in [0, 0.05) is 16.1 Å². The number of sulfone groups is 1. The lowest BCUT2D eigenvalue weighted by atomic mass is 9.94. The maximum absolute atomic E-state index is 13.2. The zero-order valence-electron chi connectivity index (χ0n) is 16.7. The molecule has 0 heterocycles. The Kier molecular flexibility index (Phi) is 5.62. The molecule has 3 aromatic carbocycles. The fourth-order valence-corrected chi connectivity index (χ4v) is 5.70. The van der Waals surface area contributed by atoms with E-state index in [4.69, 9.17) is 11.6 Å². The summed E-state index contributed by atoms with van der Waals surface area (Å²) < 4.78 is 56.1. The molecule has 0 saturated carbocycles. The van der Waals surface area contributed by atoms with Crippen molar-refractivity contribution in [1.29, 1.82) is 0 Å². The molecule has 0 N–H and O–H groups in total. The zero-order valence-corrected chi connectivity index (χ0v) is 19.1. The molecule has 6 nitrogen and oxygen atoms in total. The maximum Gasteiger partial charge on any atom is 0.282 e. The Balaban J connectivity index is 1.92. The van der Waals surface area contributed by atoms with E-state index in [2.05, 4.69) is 4.40 Å². The Labute approximate surface area is 190 Å². The van der Waals surface area contributed by atoms with Crippen LogP contribution in [0.25, 0.3) is 0 Å². The Morgan fingerprint density at radius 1 is 0.750 bits per heavy atom. The summed E-state index contributed by atoms with van der Waals surface area (Å²) in [5.74, 6) is -0.734. The molecule has 0 amide bonds. The van der Waals surface area contributed by atoms with Crippen molar-refractivity contribution in [2.45, 2.75) is 16.7 Å². The molecule has 0 aliphatic heterocycles. The first-order valence-electron chi connectivity index (χ1n) is 9.38. The van der Waals surface area contributed by atoms with Crippen LogP contribution in [-0.2, 0) is 19.9 Å². The van der Waals surface area contributed by atoms with Crippen LogP contribution in [0.2, 0.25) is 5.02 Å². The molecule has 0 fully saturated rings. The number of sulfonamides is 1. The summed E-state index contributed by atoms with van der Waals surface area (Å²) in [5, 5.41) is 0.338. The average Bonchev–Trinajstić information content (AvgIpc) is 2.76. The van der Waals surface area contributed by atoms with E-state index in [1.165, 1.54) is 48.5 Å². The standard InChI is InChI=1S/C23H16ClNO5S2/c1-15-6-10-18(11-7-15)32(29,30)25-21-14-22(23(26)20-5-3-2-4-19(20)21)31(27,28)17-12-8-16(24)9-13-17/h2-14H,1H3/b25-21-. The lowest BCUT2D eigenvalue weighted by Crippen LogP contribution is -2.23. The molecule has 32 heavy (non-hydrogen) atoms. The SMILES string of the molecule is Cc1ccc(S(=O)(=O)/N=C2/C=C(S(=O)(=O)c3ccc(Cl)cc3)C(=O)c3ccccc32)cc1. The van der Waals surface area contributed by atoms with Crippen molar-refractivity contribution in [3.8, 4) is 0 Å². The Morgan fingerprint density at radius 2 is 1.31 bits per heavy atom. The monoisotopic (exact) mass is 485 g/mol. The summed E-state index contributed by atoms with van der Waals surface area (Å²) >= 11 is 5.84. The Bertz CT molecular complexity index is 1500. The van der Waals surface area contributed by atoms with Gasteiger partial charge >= 0.3 is 0 Å². The minimum absolute atomic E-state index is 0.0412. The number of benzene rings is 3. The number of nitrogens with zero attached hydrogens (tertiary/aromatic N) is 1. The number of fused-ring (bicyclic) bond motifs is 1. The maximum atomic E-state index is 13.2. The molecular weight excluding hydrogens is 470 g/mol. The van der Waals surface area contributed by atoms with Gasteiger partial charge in [-0.1, -0.05) is 53.6 Å². The number of aryl methyl sites for hydroxylation is 1. The highest BCUT2D eigenvalue weighted by Crippen LogP contribution is 2.30. The number of ketones is 1. The molecule has 9 heteroatoms. The van der Waals surface area contributed by atoms with Crippen molar-refractivity contribution in [3.05, 3.63) is 105 Å². The molecule has 0 atom stereocenters. The van der Waals surface area contributed by atoms with Crippen LogP contribution >= 0.6 is 11.6 Å². The predicted octanol–water partition coefficient (Wildman–Crippen LogP) is 4.38. The van der Waals surface area contributed by atoms with E-state index < -0.39 is 30.5 Å². The number of hydrogen-bond donors (Lipinski definition) is 0. The van der Waals surface area contributed by atoms with Crippen molar-refractivity contribution >= 4 is 43.0 Å². The molecular formula is C23H16ClNO5S2. The number of carbonyl (C=O) groups is 1. The molecule has 162 valence electrons. The van der Waals surface area contributed by atoms with Crippen LogP contribution in [-0.4, -0.2) is 28.3 Å². The van der Waals surface area contributed by atoms with E-state index in [0.717, 1.165) is 11.6 Å². The smallest absolute Gasteiger partial charge is 0.282 e. The Hall–Kier alpha value is -3.07. The van der Waals surface area contributed by atoms with Gasteiger partial charge in [0.15, 0.2) is 0 Å². The molecule has 0 aromatic heterocycles. The zero-order chi connectivity index (χ0) is 23.1. The van der Waals surface area contributed by atoms with Crippen LogP contribution in [0.3, 0.4) is 0 Å². The van der Waals surface area contributed by atoms with Crippen molar-refractivity contribution < 1.29 is 21.6 Å². The first kappa shape index (κ1) is 22.1. The lowest BCUT2D eigenvalue weighted by Gasteiger charge is -2.17. The number of carbonyl (C=O) groups excluding carboxylic acids is 1. The van der Waals surface area contributed by atoms with Gasteiger partial charge in [-0.3, -0.25) is 4.79 Å². The molecule has 1 aliphatic rings. The van der Waals surface area contributed by atoms with Gasteiger partial charge in [0.2, 0.25) is 15.6 Å².